The van der Waals surface area contributed by atoms with Gasteiger partial charge in [0.25, 0.3) is 5.91 Å². The van der Waals surface area contributed by atoms with Crippen molar-refractivity contribution >= 4 is 23.5 Å². The van der Waals surface area contributed by atoms with E-state index in [1.807, 2.05) is 0 Å². The average molecular weight is 305 g/mol. The Kier molecular flexibility index (Phi) is 4.90. The second-order valence-electron chi connectivity index (χ2n) is 4.43. The summed E-state index contributed by atoms with van der Waals surface area (Å²) >= 11 is 5.87. The summed E-state index contributed by atoms with van der Waals surface area (Å²) in [5.41, 5.74) is 1.10. The van der Waals surface area contributed by atoms with Crippen molar-refractivity contribution in [2.45, 2.75) is 12.5 Å². The van der Waals surface area contributed by atoms with E-state index in [9.17, 15) is 14.7 Å². The highest BCUT2D eigenvalue weighted by Gasteiger charge is 2.21. The Morgan fingerprint density at radius 3 is 2.57 bits per heavy atom. The van der Waals surface area contributed by atoms with Crippen LogP contribution in [0.15, 0.2) is 48.8 Å². The largest absolute Gasteiger partial charge is 0.480 e. The van der Waals surface area contributed by atoms with E-state index in [0.717, 1.165) is 5.56 Å². The highest BCUT2D eigenvalue weighted by molar-refractivity contribution is 6.30. The van der Waals surface area contributed by atoms with Crippen LogP contribution >= 0.6 is 11.6 Å². The fourth-order valence-corrected chi connectivity index (χ4v) is 2.06. The molecule has 0 spiro atoms. The van der Waals surface area contributed by atoms with E-state index in [1.54, 1.807) is 24.3 Å². The molecule has 0 radical (unpaired) electrons. The SMILES string of the molecule is O=C(N[C@H](Cc1cccc(Cl)c1)C(=O)O)c1ccncc1. The van der Waals surface area contributed by atoms with Crippen molar-refractivity contribution in [3.05, 3.63) is 64.9 Å². The van der Waals surface area contributed by atoms with Gasteiger partial charge in [-0.25, -0.2) is 4.79 Å². The van der Waals surface area contributed by atoms with Gasteiger partial charge in [0.05, 0.1) is 0 Å². The van der Waals surface area contributed by atoms with Crippen LogP contribution in [0.25, 0.3) is 0 Å². The molecule has 1 aromatic carbocycles. The molecule has 0 saturated heterocycles. The number of hydrogen-bond donors (Lipinski definition) is 2. The molecule has 0 saturated carbocycles. The predicted octanol–water partition coefficient (Wildman–Crippen LogP) is 2.16. The lowest BCUT2D eigenvalue weighted by Gasteiger charge is -2.14. The number of hydrogen-bond acceptors (Lipinski definition) is 3. The number of benzene rings is 1. The second kappa shape index (κ2) is 6.85. The topological polar surface area (TPSA) is 79.3 Å². The van der Waals surface area contributed by atoms with Crippen molar-refractivity contribution in [1.29, 1.82) is 0 Å². The molecule has 21 heavy (non-hydrogen) atoms. The van der Waals surface area contributed by atoms with Gasteiger partial charge < -0.3 is 10.4 Å². The third kappa shape index (κ3) is 4.29. The smallest absolute Gasteiger partial charge is 0.326 e. The average Bonchev–Trinajstić information content (AvgIpc) is 2.47. The van der Waals surface area contributed by atoms with Crippen molar-refractivity contribution in [3.8, 4) is 0 Å². The van der Waals surface area contributed by atoms with Gasteiger partial charge in [-0.15, -0.1) is 0 Å². The summed E-state index contributed by atoms with van der Waals surface area (Å²) in [6.07, 6.45) is 3.11. The van der Waals surface area contributed by atoms with E-state index in [4.69, 9.17) is 11.6 Å². The van der Waals surface area contributed by atoms with Gasteiger partial charge in [-0.05, 0) is 29.8 Å². The molecule has 0 unspecified atom stereocenters. The third-order valence-electron chi connectivity index (χ3n) is 2.87. The molecular formula is C15H13ClN2O3. The zero-order valence-corrected chi connectivity index (χ0v) is 11.7. The molecule has 2 rings (SSSR count). The van der Waals surface area contributed by atoms with E-state index in [2.05, 4.69) is 10.3 Å². The number of carbonyl (C=O) groups excluding carboxylic acids is 1. The second-order valence-corrected chi connectivity index (χ2v) is 4.87. The Hall–Kier alpha value is -2.40. The number of carbonyl (C=O) groups is 2. The fourth-order valence-electron chi connectivity index (χ4n) is 1.84. The lowest BCUT2D eigenvalue weighted by Crippen LogP contribution is -2.42. The maximum atomic E-state index is 12.0. The lowest BCUT2D eigenvalue weighted by atomic mass is 10.1. The first-order chi connectivity index (χ1) is 10.1. The first kappa shape index (κ1) is 15.0. The molecule has 1 aromatic heterocycles. The minimum absolute atomic E-state index is 0.159. The Morgan fingerprint density at radius 2 is 1.95 bits per heavy atom. The molecule has 0 fully saturated rings. The summed E-state index contributed by atoms with van der Waals surface area (Å²) in [6, 6.07) is 8.90. The summed E-state index contributed by atoms with van der Waals surface area (Å²) in [5, 5.41) is 12.3. The van der Waals surface area contributed by atoms with Gasteiger partial charge in [0, 0.05) is 29.4 Å². The van der Waals surface area contributed by atoms with E-state index in [0.29, 0.717) is 10.6 Å². The molecule has 6 heteroatoms. The Morgan fingerprint density at radius 1 is 1.24 bits per heavy atom. The third-order valence-corrected chi connectivity index (χ3v) is 3.11. The van der Waals surface area contributed by atoms with Crippen LogP contribution < -0.4 is 5.32 Å². The normalized spacial score (nSPS) is 11.7. The summed E-state index contributed by atoms with van der Waals surface area (Å²) in [4.78, 5) is 27.1. The van der Waals surface area contributed by atoms with Gasteiger partial charge >= 0.3 is 5.97 Å². The molecule has 2 N–H and O–H groups in total. The lowest BCUT2D eigenvalue weighted by molar-refractivity contribution is -0.139. The number of halogens is 1. The van der Waals surface area contributed by atoms with Gasteiger partial charge in [0.2, 0.25) is 0 Å². The van der Waals surface area contributed by atoms with Gasteiger partial charge in [0.15, 0.2) is 0 Å². The van der Waals surface area contributed by atoms with Gasteiger partial charge in [-0.1, -0.05) is 23.7 Å². The van der Waals surface area contributed by atoms with Crippen LogP contribution in [0.1, 0.15) is 15.9 Å². The molecule has 5 nitrogen and oxygen atoms in total. The predicted molar refractivity (Wildman–Crippen MR) is 78.3 cm³/mol. The summed E-state index contributed by atoms with van der Waals surface area (Å²) in [5.74, 6) is -1.55. The van der Waals surface area contributed by atoms with Crippen molar-refractivity contribution in [3.63, 3.8) is 0 Å². The Balaban J connectivity index is 2.09. The van der Waals surface area contributed by atoms with Crippen molar-refractivity contribution < 1.29 is 14.7 Å². The van der Waals surface area contributed by atoms with Crippen LogP contribution in [0.4, 0.5) is 0 Å². The zero-order valence-electron chi connectivity index (χ0n) is 11.0. The quantitative estimate of drug-likeness (QED) is 0.887. The molecular weight excluding hydrogens is 292 g/mol. The molecule has 1 amide bonds. The molecule has 0 bridgehead atoms. The minimum atomic E-state index is -1.10. The van der Waals surface area contributed by atoms with Crippen LogP contribution in [0.3, 0.4) is 0 Å². The van der Waals surface area contributed by atoms with Crippen LogP contribution in [-0.4, -0.2) is 28.0 Å². The number of nitrogens with zero attached hydrogens (tertiary/aromatic N) is 1. The summed E-state index contributed by atoms with van der Waals surface area (Å²) < 4.78 is 0. The minimum Gasteiger partial charge on any atom is -0.480 e. The van der Waals surface area contributed by atoms with Gasteiger partial charge in [-0.2, -0.15) is 0 Å². The molecule has 1 atom stereocenters. The van der Waals surface area contributed by atoms with Crippen molar-refractivity contribution in [2.75, 3.05) is 0 Å². The number of amides is 1. The first-order valence-electron chi connectivity index (χ1n) is 6.24. The van der Waals surface area contributed by atoms with Crippen LogP contribution in [0, 0.1) is 0 Å². The Bertz CT molecular complexity index is 646. The number of aromatic nitrogens is 1. The number of carboxylic acid groups (broad SMARTS) is 1. The fraction of sp³-hybridized carbons (Fsp3) is 0.133. The number of rotatable bonds is 5. The van der Waals surface area contributed by atoms with E-state index in [-0.39, 0.29) is 6.42 Å². The molecule has 108 valence electrons. The molecule has 1 heterocycles. The molecule has 0 aliphatic heterocycles. The van der Waals surface area contributed by atoms with Crippen molar-refractivity contribution in [2.24, 2.45) is 0 Å². The maximum absolute atomic E-state index is 12.0. The number of aliphatic carboxylic acids is 1. The summed E-state index contributed by atoms with van der Waals surface area (Å²) in [6.45, 7) is 0. The zero-order chi connectivity index (χ0) is 15.2. The van der Waals surface area contributed by atoms with Crippen LogP contribution in [0.5, 0.6) is 0 Å². The highest BCUT2D eigenvalue weighted by Crippen LogP contribution is 2.12. The van der Waals surface area contributed by atoms with Crippen LogP contribution in [0.2, 0.25) is 5.02 Å². The standard InChI is InChI=1S/C15H13ClN2O3/c16-12-3-1-2-10(8-12)9-13(15(20)21)18-14(19)11-4-6-17-7-5-11/h1-8,13H,9H2,(H,18,19)(H,20,21)/t13-/m1/s1. The van der Waals surface area contributed by atoms with E-state index in [1.165, 1.54) is 24.5 Å². The molecule has 0 aliphatic carbocycles. The number of nitrogens with one attached hydrogen (secondary N) is 1. The van der Waals surface area contributed by atoms with Crippen LogP contribution in [-0.2, 0) is 11.2 Å². The number of carboxylic acids is 1. The van der Waals surface area contributed by atoms with E-state index < -0.39 is 17.9 Å². The summed E-state index contributed by atoms with van der Waals surface area (Å²) in [7, 11) is 0. The monoisotopic (exact) mass is 304 g/mol. The first-order valence-corrected chi connectivity index (χ1v) is 6.62. The van der Waals surface area contributed by atoms with Gasteiger partial charge in [-0.3, -0.25) is 9.78 Å². The molecule has 0 aliphatic rings. The van der Waals surface area contributed by atoms with E-state index >= 15 is 0 Å². The Labute approximate surface area is 126 Å². The maximum Gasteiger partial charge on any atom is 0.326 e. The van der Waals surface area contributed by atoms with Gasteiger partial charge in [0.1, 0.15) is 6.04 Å². The highest BCUT2D eigenvalue weighted by atomic mass is 35.5. The number of pyridine rings is 1. The molecule has 2 aromatic rings. The van der Waals surface area contributed by atoms with Crippen molar-refractivity contribution in [1.82, 2.24) is 10.3 Å².